The predicted octanol–water partition coefficient (Wildman–Crippen LogP) is 2.64. The van der Waals surface area contributed by atoms with Crippen LogP contribution in [-0.4, -0.2) is 67.4 Å². The lowest BCUT2D eigenvalue weighted by Crippen LogP contribution is -2.41. The average Bonchev–Trinajstić information content (AvgIpc) is 2.88. The number of carboxylic acid groups (broad SMARTS) is 1. The minimum absolute atomic E-state index is 0.00267. The molecule has 0 spiro atoms. The fraction of sp³-hybridized carbons (Fsp3) is 0.391. The molecule has 3 aromatic rings. The van der Waals surface area contributed by atoms with Gasteiger partial charge in [-0.25, -0.2) is 9.78 Å². The van der Waals surface area contributed by atoms with Crippen LogP contribution in [0.4, 0.5) is 16.2 Å². The summed E-state index contributed by atoms with van der Waals surface area (Å²) in [5.41, 5.74) is 2.97. The van der Waals surface area contributed by atoms with Gasteiger partial charge in [-0.3, -0.25) is 15.1 Å². The Labute approximate surface area is 211 Å². The number of hydrogen-bond acceptors (Lipinski definition) is 10. The number of fused-ring (bicyclic) bond motifs is 2. The summed E-state index contributed by atoms with van der Waals surface area (Å²) in [4.78, 5) is 30.1. The molecule has 3 aromatic heterocycles. The third-order valence-corrected chi connectivity index (χ3v) is 6.69. The van der Waals surface area contributed by atoms with E-state index in [-0.39, 0.29) is 18.1 Å². The summed E-state index contributed by atoms with van der Waals surface area (Å²) in [6.45, 7) is 0.558. The van der Waals surface area contributed by atoms with Crippen LogP contribution in [0, 0.1) is 0 Å². The van der Waals surface area contributed by atoms with Crippen LogP contribution in [0.5, 0.6) is 5.88 Å². The number of hydrogen-bond donors (Lipinski definition) is 5. The van der Waals surface area contributed by atoms with Crippen LogP contribution in [0.15, 0.2) is 35.5 Å². The molecule has 0 radical (unpaired) electrons. The summed E-state index contributed by atoms with van der Waals surface area (Å²) >= 11 is 1.41. The van der Waals surface area contributed by atoms with Crippen molar-refractivity contribution >= 4 is 46.2 Å². The second kappa shape index (κ2) is 11.9. The molecule has 12 nitrogen and oxygen atoms in total. The van der Waals surface area contributed by atoms with Gasteiger partial charge in [0, 0.05) is 24.8 Å². The largest absolute Gasteiger partial charge is 0.481 e. The van der Waals surface area contributed by atoms with Crippen molar-refractivity contribution < 1.29 is 24.5 Å². The molecule has 2 amide bonds. The first-order valence-electron chi connectivity index (χ1n) is 11.4. The van der Waals surface area contributed by atoms with Gasteiger partial charge in [-0.15, -0.1) is 5.10 Å². The van der Waals surface area contributed by atoms with Crippen molar-refractivity contribution in [3.8, 4) is 5.88 Å². The van der Waals surface area contributed by atoms with Gasteiger partial charge in [0.05, 0.1) is 41.6 Å². The van der Waals surface area contributed by atoms with Gasteiger partial charge in [-0.1, -0.05) is 24.6 Å². The van der Waals surface area contributed by atoms with E-state index in [4.69, 9.17) is 9.84 Å². The molecule has 190 valence electrons. The van der Waals surface area contributed by atoms with Gasteiger partial charge in [0.15, 0.2) is 0 Å². The van der Waals surface area contributed by atoms with E-state index in [9.17, 15) is 14.7 Å². The van der Waals surface area contributed by atoms with E-state index in [1.165, 1.54) is 25.1 Å². The highest BCUT2D eigenvalue weighted by Crippen LogP contribution is 2.29. The number of ether oxygens (including phenoxy) is 1. The van der Waals surface area contributed by atoms with Gasteiger partial charge in [0.1, 0.15) is 10.5 Å². The standard InChI is InChI=1S/C13H18N4O2S.C10H9N3O3/c18-11-4-2-1-3-9(11)14-6-8-5-10-13(17-16-8)20-7-12(19)15-10;1-16-8-3-2-6-9(13-8)7(4-5-11-6)12-10(14)15/h5,9,11,14,18H,1-4,6-7H2,(H,15,19);2-5H,1H3,(H,11,12)(H,14,15)/t9-,11-;/m1./s1. The molecule has 0 unspecified atom stereocenters. The Morgan fingerprint density at radius 2 is 2.08 bits per heavy atom. The summed E-state index contributed by atoms with van der Waals surface area (Å²) in [5, 5.41) is 36.0. The number of aliphatic hydroxyl groups excluding tert-OH is 1. The highest BCUT2D eigenvalue weighted by atomic mass is 32.2. The number of carbonyl (C=O) groups is 2. The molecule has 4 heterocycles. The monoisotopic (exact) mass is 513 g/mol. The van der Waals surface area contributed by atoms with E-state index in [2.05, 4.69) is 36.1 Å². The number of methoxy groups -OCH3 is 1. The number of anilines is 2. The van der Waals surface area contributed by atoms with Crippen LogP contribution < -0.4 is 20.7 Å². The Hall–Kier alpha value is -3.55. The number of aliphatic hydroxyl groups is 1. The molecular weight excluding hydrogens is 486 g/mol. The molecule has 13 heteroatoms. The van der Waals surface area contributed by atoms with E-state index in [1.54, 1.807) is 18.2 Å². The van der Waals surface area contributed by atoms with Gasteiger partial charge in [0.25, 0.3) is 0 Å². The Balaban J connectivity index is 0.000000174. The molecule has 0 saturated heterocycles. The smallest absolute Gasteiger partial charge is 0.409 e. The maximum absolute atomic E-state index is 11.4. The lowest BCUT2D eigenvalue weighted by Gasteiger charge is -2.28. The van der Waals surface area contributed by atoms with Crippen molar-refractivity contribution in [1.29, 1.82) is 0 Å². The molecule has 0 aromatic carbocycles. The third kappa shape index (κ3) is 6.56. The van der Waals surface area contributed by atoms with E-state index < -0.39 is 6.09 Å². The minimum atomic E-state index is -1.14. The molecule has 36 heavy (non-hydrogen) atoms. The van der Waals surface area contributed by atoms with Crippen molar-refractivity contribution in [1.82, 2.24) is 25.5 Å². The van der Waals surface area contributed by atoms with Gasteiger partial charge in [0.2, 0.25) is 11.8 Å². The van der Waals surface area contributed by atoms with Gasteiger partial charge in [-0.2, -0.15) is 5.10 Å². The van der Waals surface area contributed by atoms with E-state index >= 15 is 0 Å². The second-order valence-electron chi connectivity index (χ2n) is 8.24. The van der Waals surface area contributed by atoms with Gasteiger partial charge in [-0.05, 0) is 31.0 Å². The molecule has 1 saturated carbocycles. The zero-order valence-electron chi connectivity index (χ0n) is 19.6. The van der Waals surface area contributed by atoms with Gasteiger partial charge >= 0.3 is 6.09 Å². The molecule has 5 N–H and O–H groups in total. The maximum atomic E-state index is 11.4. The number of nitrogens with one attached hydrogen (secondary N) is 3. The second-order valence-corrected chi connectivity index (χ2v) is 9.20. The van der Waals surface area contributed by atoms with Crippen LogP contribution in [0.3, 0.4) is 0 Å². The topological polar surface area (TPSA) is 171 Å². The van der Waals surface area contributed by atoms with Gasteiger partial charge < -0.3 is 25.6 Å². The van der Waals surface area contributed by atoms with Crippen LogP contribution in [0.25, 0.3) is 11.0 Å². The molecule has 1 fully saturated rings. The molecule has 5 rings (SSSR count). The normalized spacial score (nSPS) is 18.9. The molecular formula is C23H27N7O5S. The Morgan fingerprint density at radius 3 is 2.86 bits per heavy atom. The number of rotatable bonds is 5. The number of thioether (sulfide) groups is 1. The number of carbonyl (C=O) groups excluding carboxylic acids is 1. The highest BCUT2D eigenvalue weighted by molar-refractivity contribution is 8.00. The van der Waals surface area contributed by atoms with Crippen LogP contribution in [0.2, 0.25) is 0 Å². The van der Waals surface area contributed by atoms with E-state index in [0.29, 0.717) is 34.9 Å². The third-order valence-electron chi connectivity index (χ3n) is 5.71. The highest BCUT2D eigenvalue weighted by Gasteiger charge is 2.23. The number of pyridine rings is 2. The number of aromatic nitrogens is 4. The first kappa shape index (κ1) is 25.5. The van der Waals surface area contributed by atoms with Crippen molar-refractivity contribution in [3.63, 3.8) is 0 Å². The molecule has 0 bridgehead atoms. The van der Waals surface area contributed by atoms with Crippen molar-refractivity contribution in [3.05, 3.63) is 36.2 Å². The SMILES string of the molecule is COc1ccc2nccc(NC(=O)O)c2n1.O=C1CSc2nnc(CN[C@@H]3CCCC[C@H]3O)cc2N1. The lowest BCUT2D eigenvalue weighted by molar-refractivity contribution is -0.113. The average molecular weight is 514 g/mol. The van der Waals surface area contributed by atoms with Crippen LogP contribution in [0.1, 0.15) is 31.4 Å². The molecule has 2 atom stereocenters. The van der Waals surface area contributed by atoms with Crippen LogP contribution >= 0.6 is 11.8 Å². The zero-order chi connectivity index (χ0) is 25.5. The van der Waals surface area contributed by atoms with Crippen molar-refractivity contribution in [2.24, 2.45) is 0 Å². The lowest BCUT2D eigenvalue weighted by atomic mass is 9.92. The Morgan fingerprint density at radius 1 is 1.25 bits per heavy atom. The minimum Gasteiger partial charge on any atom is -0.481 e. The first-order valence-corrected chi connectivity index (χ1v) is 12.4. The fourth-order valence-corrected chi connectivity index (χ4v) is 4.65. The Kier molecular flexibility index (Phi) is 8.46. The first-order chi connectivity index (χ1) is 17.4. The Bertz CT molecular complexity index is 1240. The van der Waals surface area contributed by atoms with E-state index in [1.807, 2.05) is 6.07 Å². The summed E-state index contributed by atoms with van der Waals surface area (Å²) in [6.07, 6.45) is 4.20. The summed E-state index contributed by atoms with van der Waals surface area (Å²) in [5.74, 6) is 0.805. The molecule has 1 aliphatic heterocycles. The summed E-state index contributed by atoms with van der Waals surface area (Å²) in [6, 6.07) is 6.91. The summed E-state index contributed by atoms with van der Waals surface area (Å²) in [7, 11) is 1.49. The zero-order valence-corrected chi connectivity index (χ0v) is 20.4. The predicted molar refractivity (Wildman–Crippen MR) is 134 cm³/mol. The van der Waals surface area contributed by atoms with E-state index in [0.717, 1.165) is 42.1 Å². The van der Waals surface area contributed by atoms with Crippen molar-refractivity contribution in [2.75, 3.05) is 23.5 Å². The van der Waals surface area contributed by atoms with Crippen LogP contribution in [-0.2, 0) is 11.3 Å². The maximum Gasteiger partial charge on any atom is 0.409 e. The fourth-order valence-electron chi connectivity index (χ4n) is 3.95. The van der Waals surface area contributed by atoms with Crippen molar-refractivity contribution in [2.45, 2.75) is 49.4 Å². The summed E-state index contributed by atoms with van der Waals surface area (Å²) < 4.78 is 4.97. The number of amides is 2. The number of nitrogens with zero attached hydrogens (tertiary/aromatic N) is 4. The quantitative estimate of drug-likeness (QED) is 0.339. The molecule has 2 aliphatic rings. The molecule has 1 aliphatic carbocycles.